The van der Waals surface area contributed by atoms with Gasteiger partial charge in [0.05, 0.1) is 6.54 Å². The quantitative estimate of drug-likeness (QED) is 0.794. The highest BCUT2D eigenvalue weighted by Crippen LogP contribution is 2.40. The topological polar surface area (TPSA) is 49.8 Å². The molecular formula is C14H18BrNO3. The van der Waals surface area contributed by atoms with Crippen LogP contribution < -0.4 is 0 Å². The van der Waals surface area contributed by atoms with E-state index in [4.69, 9.17) is 4.74 Å². The van der Waals surface area contributed by atoms with Gasteiger partial charge in [0.15, 0.2) is 5.72 Å². The van der Waals surface area contributed by atoms with E-state index >= 15 is 0 Å². The van der Waals surface area contributed by atoms with Crippen LogP contribution in [0.15, 0.2) is 22.7 Å². The number of nitrogens with zero attached hydrogens (tertiary/aromatic N) is 1. The van der Waals surface area contributed by atoms with E-state index in [-0.39, 0.29) is 0 Å². The zero-order valence-electron chi connectivity index (χ0n) is 11.5. The Balaban J connectivity index is 2.33. The molecule has 1 aromatic rings. The molecule has 5 heteroatoms. The summed E-state index contributed by atoms with van der Waals surface area (Å²) in [5.74, 6) is 0. The van der Waals surface area contributed by atoms with E-state index in [1.807, 2.05) is 18.2 Å². The molecule has 1 heterocycles. The number of hydrogen-bond donors (Lipinski definition) is 1. The Hall–Kier alpha value is -1.07. The Morgan fingerprint density at radius 2 is 2.11 bits per heavy atom. The number of carbonyl (C=O) groups excluding carboxylic acids is 1. The monoisotopic (exact) mass is 327 g/mol. The molecule has 0 aliphatic carbocycles. The van der Waals surface area contributed by atoms with Crippen LogP contribution in [-0.2, 0) is 17.0 Å². The van der Waals surface area contributed by atoms with Gasteiger partial charge in [0.2, 0.25) is 0 Å². The summed E-state index contributed by atoms with van der Waals surface area (Å²) < 4.78 is 6.23. The standard InChI is InChI=1S/C14H18BrNO3/c1-13(2,3)19-12(17)16-8-9-10(14(16,4)18)6-5-7-11(9)15/h5-7,18H,8H2,1-4H3. The minimum Gasteiger partial charge on any atom is -0.444 e. The van der Waals surface area contributed by atoms with Crippen LogP contribution >= 0.6 is 15.9 Å². The van der Waals surface area contributed by atoms with Gasteiger partial charge in [-0.25, -0.2) is 4.79 Å². The molecule has 0 spiro atoms. The summed E-state index contributed by atoms with van der Waals surface area (Å²) in [6.07, 6.45) is -0.513. The number of ether oxygens (including phenoxy) is 1. The Morgan fingerprint density at radius 1 is 1.47 bits per heavy atom. The molecule has 1 unspecified atom stereocenters. The lowest BCUT2D eigenvalue weighted by Gasteiger charge is -2.32. The maximum Gasteiger partial charge on any atom is 0.413 e. The Morgan fingerprint density at radius 3 is 2.63 bits per heavy atom. The molecule has 1 amide bonds. The number of hydrogen-bond acceptors (Lipinski definition) is 3. The van der Waals surface area contributed by atoms with Gasteiger partial charge >= 0.3 is 6.09 Å². The van der Waals surface area contributed by atoms with Crippen molar-refractivity contribution in [3.8, 4) is 0 Å². The van der Waals surface area contributed by atoms with Crippen LogP contribution in [0.5, 0.6) is 0 Å². The largest absolute Gasteiger partial charge is 0.444 e. The first-order chi connectivity index (χ1) is 8.63. The number of halogens is 1. The zero-order chi connectivity index (χ0) is 14.4. The Bertz CT molecular complexity index is 520. The first-order valence-corrected chi connectivity index (χ1v) is 6.93. The van der Waals surface area contributed by atoms with Crippen molar-refractivity contribution in [3.63, 3.8) is 0 Å². The van der Waals surface area contributed by atoms with E-state index in [1.165, 1.54) is 4.90 Å². The van der Waals surface area contributed by atoms with Gasteiger partial charge in [-0.3, -0.25) is 4.90 Å². The summed E-state index contributed by atoms with van der Waals surface area (Å²) in [6.45, 7) is 7.35. The summed E-state index contributed by atoms with van der Waals surface area (Å²) in [6, 6.07) is 5.56. The average molecular weight is 328 g/mol. The van der Waals surface area contributed by atoms with Crippen LogP contribution in [0.4, 0.5) is 4.79 Å². The molecule has 1 N–H and O–H groups in total. The molecule has 104 valence electrons. The second-order valence-corrected chi connectivity index (χ2v) is 6.71. The van der Waals surface area contributed by atoms with Gasteiger partial charge in [-0.15, -0.1) is 0 Å². The number of aliphatic hydroxyl groups is 1. The predicted octanol–water partition coefficient (Wildman–Crippen LogP) is 3.36. The van der Waals surface area contributed by atoms with Crippen molar-refractivity contribution in [2.75, 3.05) is 0 Å². The second kappa shape index (κ2) is 4.49. The van der Waals surface area contributed by atoms with Gasteiger partial charge in [-0.1, -0.05) is 28.1 Å². The molecule has 0 saturated heterocycles. The van der Waals surface area contributed by atoms with Crippen LogP contribution in [0, 0.1) is 0 Å². The molecule has 0 aromatic heterocycles. The number of fused-ring (bicyclic) bond motifs is 1. The van der Waals surface area contributed by atoms with Crippen LogP contribution in [0.3, 0.4) is 0 Å². The normalized spacial score (nSPS) is 22.3. The van der Waals surface area contributed by atoms with Gasteiger partial charge < -0.3 is 9.84 Å². The lowest BCUT2D eigenvalue weighted by atomic mass is 10.0. The van der Waals surface area contributed by atoms with Crippen molar-refractivity contribution in [1.82, 2.24) is 4.90 Å². The average Bonchev–Trinajstić information content (AvgIpc) is 2.50. The van der Waals surface area contributed by atoms with Gasteiger partial charge in [0.1, 0.15) is 5.60 Å². The van der Waals surface area contributed by atoms with Gasteiger partial charge in [0.25, 0.3) is 0 Å². The molecule has 1 aliphatic heterocycles. The Labute approximate surface area is 121 Å². The van der Waals surface area contributed by atoms with Crippen molar-refractivity contribution in [1.29, 1.82) is 0 Å². The SMILES string of the molecule is CC(C)(C)OC(=O)N1Cc2c(Br)cccc2C1(C)O. The minimum absolute atomic E-state index is 0.332. The fourth-order valence-electron chi connectivity index (χ4n) is 2.18. The van der Waals surface area contributed by atoms with Crippen molar-refractivity contribution in [2.24, 2.45) is 0 Å². The molecule has 0 fully saturated rings. The molecule has 1 aliphatic rings. The minimum atomic E-state index is -1.35. The number of carbonyl (C=O) groups is 1. The highest BCUT2D eigenvalue weighted by Gasteiger charge is 2.44. The third-order valence-electron chi connectivity index (χ3n) is 3.08. The van der Waals surface area contributed by atoms with Crippen LogP contribution in [0.1, 0.15) is 38.8 Å². The van der Waals surface area contributed by atoms with Gasteiger partial charge in [-0.2, -0.15) is 0 Å². The molecular weight excluding hydrogens is 310 g/mol. The molecule has 4 nitrogen and oxygen atoms in total. The molecule has 1 atom stereocenters. The summed E-state index contributed by atoms with van der Waals surface area (Å²) in [5, 5.41) is 10.6. The maximum absolute atomic E-state index is 12.2. The molecule has 0 radical (unpaired) electrons. The van der Waals surface area contributed by atoms with E-state index in [0.717, 1.165) is 15.6 Å². The Kier molecular flexibility index (Phi) is 3.39. The lowest BCUT2D eigenvalue weighted by Crippen LogP contribution is -2.44. The third kappa shape index (κ3) is 2.62. The van der Waals surface area contributed by atoms with E-state index in [2.05, 4.69) is 15.9 Å². The molecule has 1 aromatic carbocycles. The summed E-state index contributed by atoms with van der Waals surface area (Å²) in [5.41, 5.74) is -0.285. The fraction of sp³-hybridized carbons (Fsp3) is 0.500. The highest BCUT2D eigenvalue weighted by molar-refractivity contribution is 9.10. The maximum atomic E-state index is 12.2. The van der Waals surface area contributed by atoms with Crippen LogP contribution in [-0.4, -0.2) is 21.7 Å². The van der Waals surface area contributed by atoms with E-state index in [0.29, 0.717) is 6.54 Å². The highest BCUT2D eigenvalue weighted by atomic mass is 79.9. The lowest BCUT2D eigenvalue weighted by molar-refractivity contribution is -0.0914. The van der Waals surface area contributed by atoms with Crippen molar-refractivity contribution < 1.29 is 14.6 Å². The summed E-state index contributed by atoms with van der Waals surface area (Å²) in [7, 11) is 0. The first-order valence-electron chi connectivity index (χ1n) is 6.14. The van der Waals surface area contributed by atoms with Gasteiger partial charge in [0, 0.05) is 10.0 Å². The first kappa shape index (κ1) is 14.3. The van der Waals surface area contributed by atoms with Crippen LogP contribution in [0.25, 0.3) is 0 Å². The van der Waals surface area contributed by atoms with E-state index in [9.17, 15) is 9.90 Å². The number of benzene rings is 1. The molecule has 19 heavy (non-hydrogen) atoms. The van der Waals surface area contributed by atoms with Crippen molar-refractivity contribution in [3.05, 3.63) is 33.8 Å². The number of rotatable bonds is 0. The summed E-state index contributed by atoms with van der Waals surface area (Å²) in [4.78, 5) is 13.5. The predicted molar refractivity (Wildman–Crippen MR) is 75.5 cm³/mol. The fourth-order valence-corrected chi connectivity index (χ4v) is 2.67. The number of amides is 1. The van der Waals surface area contributed by atoms with Crippen LogP contribution in [0.2, 0.25) is 0 Å². The molecule has 2 rings (SSSR count). The zero-order valence-corrected chi connectivity index (χ0v) is 13.1. The third-order valence-corrected chi connectivity index (χ3v) is 3.83. The van der Waals surface area contributed by atoms with E-state index in [1.54, 1.807) is 27.7 Å². The van der Waals surface area contributed by atoms with E-state index < -0.39 is 17.4 Å². The second-order valence-electron chi connectivity index (χ2n) is 5.85. The molecule has 0 saturated carbocycles. The van der Waals surface area contributed by atoms with Gasteiger partial charge in [-0.05, 0) is 39.3 Å². The smallest absolute Gasteiger partial charge is 0.413 e. The molecule has 0 bridgehead atoms. The van der Waals surface area contributed by atoms with Crippen molar-refractivity contribution in [2.45, 2.75) is 45.6 Å². The summed E-state index contributed by atoms with van der Waals surface area (Å²) >= 11 is 3.45. The van der Waals surface area contributed by atoms with Crippen molar-refractivity contribution >= 4 is 22.0 Å².